The zero-order valence-electron chi connectivity index (χ0n) is 18.7. The molecule has 0 heterocycles. The summed E-state index contributed by atoms with van der Waals surface area (Å²) < 4.78 is 7.23. The van der Waals surface area contributed by atoms with Crippen molar-refractivity contribution >= 4 is 24.6 Å². The first kappa shape index (κ1) is 21.3. The highest BCUT2D eigenvalue weighted by Crippen LogP contribution is 2.59. The molecule has 0 N–H and O–H groups in total. The van der Waals surface area contributed by atoms with Gasteiger partial charge in [0, 0.05) is 19.1 Å². The van der Waals surface area contributed by atoms with Crippen molar-refractivity contribution in [3.63, 3.8) is 0 Å². The summed E-state index contributed by atoms with van der Waals surface area (Å²) in [5.41, 5.74) is 0. The highest BCUT2D eigenvalue weighted by Gasteiger charge is 2.62. The molecule has 2 aromatic carbocycles. The monoisotopic (exact) mass is 423 g/mol. The van der Waals surface area contributed by atoms with Crippen molar-refractivity contribution in [2.24, 2.45) is 17.8 Å². The fourth-order valence-corrected chi connectivity index (χ4v) is 10.2. The molecule has 2 unspecified atom stereocenters. The number of hydroxylamine groups is 2. The number of fused-ring (bicyclic) bond motifs is 1. The van der Waals surface area contributed by atoms with Crippen molar-refractivity contribution in [3.8, 4) is 0 Å². The molecule has 1 amide bonds. The van der Waals surface area contributed by atoms with Gasteiger partial charge in [-0.25, -0.2) is 5.06 Å². The van der Waals surface area contributed by atoms with E-state index in [1.54, 1.807) is 14.2 Å². The molecular weight excluding hydrogens is 390 g/mol. The van der Waals surface area contributed by atoms with Crippen molar-refractivity contribution in [2.45, 2.75) is 44.8 Å². The van der Waals surface area contributed by atoms with Crippen LogP contribution in [0.2, 0.25) is 5.04 Å². The summed E-state index contributed by atoms with van der Waals surface area (Å²) in [6.45, 7) is 6.94. The molecule has 2 aromatic rings. The Morgan fingerprint density at radius 2 is 1.40 bits per heavy atom. The van der Waals surface area contributed by atoms with Gasteiger partial charge in [0.15, 0.2) is 0 Å². The van der Waals surface area contributed by atoms with E-state index in [4.69, 9.17) is 9.26 Å². The van der Waals surface area contributed by atoms with Crippen molar-refractivity contribution in [2.75, 3.05) is 14.2 Å². The highest BCUT2D eigenvalue weighted by atomic mass is 28.4. The van der Waals surface area contributed by atoms with Crippen molar-refractivity contribution < 1.29 is 14.1 Å². The third-order valence-corrected chi connectivity index (χ3v) is 12.1. The first-order chi connectivity index (χ1) is 14.3. The molecule has 0 saturated heterocycles. The Bertz CT molecular complexity index is 829. The van der Waals surface area contributed by atoms with E-state index in [1.165, 1.54) is 15.4 Å². The Morgan fingerprint density at radius 3 is 1.80 bits per heavy atom. The number of benzene rings is 2. The smallest absolute Gasteiger partial charge is 0.261 e. The Labute approximate surface area is 181 Å². The van der Waals surface area contributed by atoms with Crippen LogP contribution < -0.4 is 10.4 Å². The van der Waals surface area contributed by atoms with Gasteiger partial charge in [-0.15, -0.1) is 0 Å². The Kier molecular flexibility index (Phi) is 5.64. The number of carbonyl (C=O) groups excluding carboxylic acids is 1. The van der Waals surface area contributed by atoms with Crippen molar-refractivity contribution in [1.29, 1.82) is 0 Å². The van der Waals surface area contributed by atoms with Crippen LogP contribution in [0.3, 0.4) is 0 Å². The molecule has 0 spiro atoms. The second-order valence-corrected chi connectivity index (χ2v) is 14.0. The van der Waals surface area contributed by atoms with Crippen LogP contribution in [-0.2, 0) is 14.1 Å². The molecule has 2 fully saturated rings. The number of nitrogens with zero attached hydrogens (tertiary/aromatic N) is 1. The molecule has 4 nitrogen and oxygen atoms in total. The lowest BCUT2D eigenvalue weighted by Crippen LogP contribution is -2.67. The molecule has 160 valence electrons. The first-order valence-corrected chi connectivity index (χ1v) is 12.8. The van der Waals surface area contributed by atoms with Gasteiger partial charge in [0.05, 0.1) is 7.11 Å². The van der Waals surface area contributed by atoms with Gasteiger partial charge in [-0.05, 0) is 40.1 Å². The van der Waals surface area contributed by atoms with E-state index in [1.807, 2.05) is 0 Å². The number of carbonyl (C=O) groups is 1. The summed E-state index contributed by atoms with van der Waals surface area (Å²) in [6, 6.07) is 21.6. The third-order valence-electron chi connectivity index (χ3n) is 7.03. The fourth-order valence-electron chi connectivity index (χ4n) is 5.49. The van der Waals surface area contributed by atoms with Crippen molar-refractivity contribution in [3.05, 3.63) is 60.7 Å². The predicted molar refractivity (Wildman–Crippen MR) is 122 cm³/mol. The summed E-state index contributed by atoms with van der Waals surface area (Å²) in [5.74, 6) is 1.07. The van der Waals surface area contributed by atoms with Crippen LogP contribution in [0.4, 0.5) is 0 Å². The van der Waals surface area contributed by atoms with Gasteiger partial charge in [0.25, 0.3) is 8.32 Å². The van der Waals surface area contributed by atoms with Crippen molar-refractivity contribution in [1.82, 2.24) is 5.06 Å². The van der Waals surface area contributed by atoms with E-state index in [0.717, 1.165) is 12.8 Å². The summed E-state index contributed by atoms with van der Waals surface area (Å²) >= 11 is 0. The Balaban J connectivity index is 1.63. The van der Waals surface area contributed by atoms with Crippen LogP contribution >= 0.6 is 0 Å². The SMILES string of the molecule is CON(C)C(=O)C1[C@H]2CC(O[Si](c3ccccc3)(c3ccccc3)C(C)(C)C)C[C@@H]12. The Hall–Kier alpha value is -1.95. The normalized spacial score (nSPS) is 25.6. The average molecular weight is 424 g/mol. The van der Waals surface area contributed by atoms with E-state index in [2.05, 4.69) is 81.4 Å². The molecule has 4 rings (SSSR count). The first-order valence-electron chi connectivity index (χ1n) is 10.9. The quantitative estimate of drug-likeness (QED) is 0.526. The fraction of sp³-hybridized carbons (Fsp3) is 0.480. The van der Waals surface area contributed by atoms with Crippen LogP contribution in [0.15, 0.2) is 60.7 Å². The van der Waals surface area contributed by atoms with Gasteiger partial charge in [0.1, 0.15) is 0 Å². The molecule has 30 heavy (non-hydrogen) atoms. The maximum absolute atomic E-state index is 12.5. The lowest BCUT2D eigenvalue weighted by molar-refractivity contribution is -0.171. The molecule has 0 aliphatic heterocycles. The number of hydrogen-bond donors (Lipinski definition) is 0. The average Bonchev–Trinajstić information content (AvgIpc) is 3.25. The maximum Gasteiger partial charge on any atom is 0.261 e. The number of amides is 1. The maximum atomic E-state index is 12.5. The van der Waals surface area contributed by atoms with E-state index >= 15 is 0 Å². The number of hydrogen-bond acceptors (Lipinski definition) is 3. The van der Waals surface area contributed by atoms with Crippen LogP contribution in [0.1, 0.15) is 33.6 Å². The van der Waals surface area contributed by atoms with Gasteiger partial charge in [-0.2, -0.15) is 0 Å². The van der Waals surface area contributed by atoms with Gasteiger partial charge in [0.2, 0.25) is 5.91 Å². The minimum absolute atomic E-state index is 0.0199. The van der Waals surface area contributed by atoms with Crippen LogP contribution in [0.25, 0.3) is 0 Å². The lowest BCUT2D eigenvalue weighted by Gasteiger charge is -2.45. The summed E-state index contributed by atoms with van der Waals surface area (Å²) in [5, 5.41) is 3.99. The molecule has 2 aliphatic rings. The van der Waals surface area contributed by atoms with Gasteiger partial charge in [-0.1, -0.05) is 81.4 Å². The van der Waals surface area contributed by atoms with E-state index in [-0.39, 0.29) is 23.0 Å². The zero-order valence-corrected chi connectivity index (χ0v) is 19.7. The molecule has 5 heteroatoms. The molecule has 0 aromatic heterocycles. The molecular formula is C25H33NO3Si. The summed E-state index contributed by atoms with van der Waals surface area (Å²) in [7, 11) is 0.726. The molecule has 0 radical (unpaired) electrons. The molecule has 2 saturated carbocycles. The van der Waals surface area contributed by atoms with Crippen LogP contribution in [-0.4, -0.2) is 39.5 Å². The standard InChI is InChI=1S/C25H33NO3Si/c1-25(2,3)30(19-12-8-6-9-13-19,20-14-10-7-11-15-20)29-18-16-21-22(17-18)23(21)24(27)26(4)28-5/h6-15,18,21-23H,16-17H2,1-5H3/t18?,21-,22+,23?. The predicted octanol–water partition coefficient (Wildman–Crippen LogP) is 3.61. The topological polar surface area (TPSA) is 38.8 Å². The minimum Gasteiger partial charge on any atom is -0.404 e. The number of rotatable bonds is 6. The second kappa shape index (κ2) is 7.95. The van der Waals surface area contributed by atoms with Gasteiger partial charge >= 0.3 is 0 Å². The van der Waals surface area contributed by atoms with Gasteiger partial charge < -0.3 is 4.43 Å². The third kappa shape index (κ3) is 3.53. The van der Waals surface area contributed by atoms with E-state index < -0.39 is 8.32 Å². The molecule has 2 aliphatic carbocycles. The van der Waals surface area contributed by atoms with E-state index in [9.17, 15) is 4.79 Å². The summed E-state index contributed by atoms with van der Waals surface area (Å²) in [6.07, 6.45) is 2.12. The second-order valence-electron chi connectivity index (χ2n) is 9.75. The van der Waals surface area contributed by atoms with Crippen LogP contribution in [0.5, 0.6) is 0 Å². The lowest BCUT2D eigenvalue weighted by atomic mass is 10.1. The van der Waals surface area contributed by atoms with E-state index in [0.29, 0.717) is 11.8 Å². The minimum atomic E-state index is -2.52. The largest absolute Gasteiger partial charge is 0.404 e. The Morgan fingerprint density at radius 1 is 0.933 bits per heavy atom. The van der Waals surface area contributed by atoms with Gasteiger partial charge in [-0.3, -0.25) is 9.63 Å². The van der Waals surface area contributed by atoms with Crippen LogP contribution in [0, 0.1) is 17.8 Å². The molecule has 0 bridgehead atoms. The summed E-state index contributed by atoms with van der Waals surface area (Å²) in [4.78, 5) is 17.6. The molecule has 4 atom stereocenters. The highest BCUT2D eigenvalue weighted by molar-refractivity contribution is 6.99. The zero-order chi connectivity index (χ0) is 21.5.